The maximum atomic E-state index is 12.5. The molecule has 8 heteroatoms. The Morgan fingerprint density at radius 3 is 2.33 bits per heavy atom. The van der Waals surface area contributed by atoms with Crippen molar-refractivity contribution in [2.24, 2.45) is 11.5 Å². The van der Waals surface area contributed by atoms with Gasteiger partial charge in [-0.2, -0.15) is 0 Å². The third-order valence-electron chi connectivity index (χ3n) is 3.46. The largest absolute Gasteiger partial charge is 0.480 e. The SMILES string of the molecule is NCc1ccccc1S(=O)(=O)Nc1ccc(C[C@H](N)C(=O)O)cc1. The molecule has 0 saturated heterocycles. The molecule has 0 amide bonds. The number of rotatable bonds is 7. The van der Waals surface area contributed by atoms with Crippen molar-refractivity contribution in [3.63, 3.8) is 0 Å². The van der Waals surface area contributed by atoms with Crippen LogP contribution >= 0.6 is 0 Å². The van der Waals surface area contributed by atoms with Gasteiger partial charge in [0, 0.05) is 12.2 Å². The molecule has 0 radical (unpaired) electrons. The Labute approximate surface area is 140 Å². The number of hydrogen-bond acceptors (Lipinski definition) is 5. The lowest BCUT2D eigenvalue weighted by atomic mass is 10.1. The summed E-state index contributed by atoms with van der Waals surface area (Å²) >= 11 is 0. The van der Waals surface area contributed by atoms with E-state index in [9.17, 15) is 13.2 Å². The second-order valence-electron chi connectivity index (χ2n) is 5.26. The molecule has 0 aromatic heterocycles. The van der Waals surface area contributed by atoms with E-state index in [1.165, 1.54) is 6.07 Å². The number of nitrogens with one attached hydrogen (secondary N) is 1. The molecule has 24 heavy (non-hydrogen) atoms. The summed E-state index contributed by atoms with van der Waals surface area (Å²) in [7, 11) is -3.75. The Hall–Kier alpha value is -2.42. The molecule has 2 aromatic rings. The highest BCUT2D eigenvalue weighted by Crippen LogP contribution is 2.20. The zero-order valence-electron chi connectivity index (χ0n) is 12.8. The van der Waals surface area contributed by atoms with E-state index in [2.05, 4.69) is 4.72 Å². The van der Waals surface area contributed by atoms with Crippen molar-refractivity contribution in [1.82, 2.24) is 0 Å². The monoisotopic (exact) mass is 349 g/mol. The summed E-state index contributed by atoms with van der Waals surface area (Å²) < 4.78 is 27.4. The van der Waals surface area contributed by atoms with Crippen LogP contribution in [0, 0.1) is 0 Å². The van der Waals surface area contributed by atoms with E-state index in [1.807, 2.05) is 0 Å². The third kappa shape index (κ3) is 4.31. The Bertz CT molecular complexity index is 819. The first-order chi connectivity index (χ1) is 11.3. The molecule has 0 saturated carbocycles. The fraction of sp³-hybridized carbons (Fsp3) is 0.188. The summed E-state index contributed by atoms with van der Waals surface area (Å²) in [5.41, 5.74) is 12.6. The van der Waals surface area contributed by atoms with Gasteiger partial charge in [-0.05, 0) is 35.7 Å². The van der Waals surface area contributed by atoms with E-state index in [4.69, 9.17) is 16.6 Å². The predicted octanol–water partition coefficient (Wildman–Crippen LogP) is 0.901. The molecule has 0 spiro atoms. The molecule has 2 aromatic carbocycles. The van der Waals surface area contributed by atoms with Gasteiger partial charge < -0.3 is 16.6 Å². The van der Waals surface area contributed by atoms with Gasteiger partial charge >= 0.3 is 5.97 Å². The van der Waals surface area contributed by atoms with Crippen LogP contribution in [0.15, 0.2) is 53.4 Å². The van der Waals surface area contributed by atoms with E-state index in [-0.39, 0.29) is 17.9 Å². The number of carbonyl (C=O) groups is 1. The molecule has 0 aliphatic carbocycles. The molecule has 0 aliphatic rings. The van der Waals surface area contributed by atoms with Gasteiger partial charge in [0.25, 0.3) is 10.0 Å². The van der Waals surface area contributed by atoms with Crippen molar-refractivity contribution < 1.29 is 18.3 Å². The first kappa shape index (κ1) is 17.9. The van der Waals surface area contributed by atoms with Crippen LogP contribution < -0.4 is 16.2 Å². The van der Waals surface area contributed by atoms with E-state index >= 15 is 0 Å². The third-order valence-corrected chi connectivity index (χ3v) is 4.94. The number of anilines is 1. The maximum absolute atomic E-state index is 12.5. The van der Waals surface area contributed by atoms with Crippen LogP contribution in [0.5, 0.6) is 0 Å². The summed E-state index contributed by atoms with van der Waals surface area (Å²) in [6.07, 6.45) is 0.165. The highest BCUT2D eigenvalue weighted by Gasteiger charge is 2.18. The van der Waals surface area contributed by atoms with Crippen LogP contribution in [0.2, 0.25) is 0 Å². The first-order valence-corrected chi connectivity index (χ1v) is 8.70. The lowest BCUT2D eigenvalue weighted by Crippen LogP contribution is -2.32. The first-order valence-electron chi connectivity index (χ1n) is 7.21. The normalized spacial score (nSPS) is 12.6. The number of carboxylic acids is 1. The second kappa shape index (κ2) is 7.43. The van der Waals surface area contributed by atoms with Crippen molar-refractivity contribution in [2.45, 2.75) is 23.9 Å². The zero-order chi connectivity index (χ0) is 17.7. The van der Waals surface area contributed by atoms with Gasteiger partial charge in [0.15, 0.2) is 0 Å². The van der Waals surface area contributed by atoms with Crippen LogP contribution in [-0.4, -0.2) is 25.5 Å². The lowest BCUT2D eigenvalue weighted by Gasteiger charge is -2.12. The summed E-state index contributed by atoms with van der Waals surface area (Å²) in [5, 5.41) is 8.80. The standard InChI is InChI=1S/C16H19N3O4S/c17-10-12-3-1-2-4-15(12)24(22,23)19-13-7-5-11(6-8-13)9-14(18)16(20)21/h1-8,14,19H,9-10,17-18H2,(H,20,21)/t14-/m0/s1. The summed E-state index contributed by atoms with van der Waals surface area (Å²) in [6.45, 7) is 0.114. The zero-order valence-corrected chi connectivity index (χ0v) is 13.7. The molecular formula is C16H19N3O4S. The Morgan fingerprint density at radius 1 is 1.12 bits per heavy atom. The molecule has 7 nitrogen and oxygen atoms in total. The highest BCUT2D eigenvalue weighted by molar-refractivity contribution is 7.92. The number of carboxylic acid groups (broad SMARTS) is 1. The second-order valence-corrected chi connectivity index (χ2v) is 6.91. The Balaban J connectivity index is 2.17. The predicted molar refractivity (Wildman–Crippen MR) is 90.9 cm³/mol. The van der Waals surface area contributed by atoms with Gasteiger partial charge in [0.2, 0.25) is 0 Å². The lowest BCUT2D eigenvalue weighted by molar-refractivity contribution is -0.138. The fourth-order valence-electron chi connectivity index (χ4n) is 2.19. The Morgan fingerprint density at radius 2 is 1.75 bits per heavy atom. The molecule has 1 atom stereocenters. The summed E-state index contributed by atoms with van der Waals surface area (Å²) in [4.78, 5) is 10.9. The molecule has 6 N–H and O–H groups in total. The van der Waals surface area contributed by atoms with Crippen LogP contribution in [-0.2, 0) is 27.8 Å². The van der Waals surface area contributed by atoms with Crippen molar-refractivity contribution >= 4 is 21.7 Å². The molecule has 0 aliphatic heterocycles. The number of sulfonamides is 1. The quantitative estimate of drug-likeness (QED) is 0.586. The average molecular weight is 349 g/mol. The van der Waals surface area contributed by atoms with Crippen LogP contribution in [0.25, 0.3) is 0 Å². The molecule has 0 heterocycles. The fourth-order valence-corrected chi connectivity index (χ4v) is 3.51. The average Bonchev–Trinajstić information content (AvgIpc) is 2.56. The molecule has 0 bridgehead atoms. The van der Waals surface area contributed by atoms with E-state index in [0.29, 0.717) is 16.8 Å². The van der Waals surface area contributed by atoms with E-state index in [1.54, 1.807) is 42.5 Å². The van der Waals surface area contributed by atoms with Gasteiger partial charge in [-0.3, -0.25) is 9.52 Å². The number of nitrogens with two attached hydrogens (primary N) is 2. The van der Waals surface area contributed by atoms with Crippen molar-refractivity contribution in [3.8, 4) is 0 Å². The summed E-state index contributed by atoms with van der Waals surface area (Å²) in [5.74, 6) is -1.09. The Kier molecular flexibility index (Phi) is 5.55. The minimum atomic E-state index is -3.75. The van der Waals surface area contributed by atoms with Crippen LogP contribution in [0.4, 0.5) is 5.69 Å². The minimum Gasteiger partial charge on any atom is -0.480 e. The minimum absolute atomic E-state index is 0.114. The van der Waals surface area contributed by atoms with Crippen molar-refractivity contribution in [3.05, 3.63) is 59.7 Å². The van der Waals surface area contributed by atoms with Crippen molar-refractivity contribution in [2.75, 3.05) is 4.72 Å². The van der Waals surface area contributed by atoms with E-state index in [0.717, 1.165) is 0 Å². The molecule has 0 fully saturated rings. The smallest absolute Gasteiger partial charge is 0.320 e. The topological polar surface area (TPSA) is 136 Å². The number of benzene rings is 2. The van der Waals surface area contributed by atoms with Gasteiger partial charge in [0.1, 0.15) is 6.04 Å². The number of aliphatic carboxylic acids is 1. The van der Waals surface area contributed by atoms with Crippen molar-refractivity contribution in [1.29, 1.82) is 0 Å². The molecular weight excluding hydrogens is 330 g/mol. The van der Waals surface area contributed by atoms with Crippen LogP contribution in [0.1, 0.15) is 11.1 Å². The van der Waals surface area contributed by atoms with E-state index < -0.39 is 22.0 Å². The van der Waals surface area contributed by atoms with Crippen LogP contribution in [0.3, 0.4) is 0 Å². The highest BCUT2D eigenvalue weighted by atomic mass is 32.2. The summed E-state index contributed by atoms with van der Waals surface area (Å²) in [6, 6.07) is 11.9. The number of hydrogen-bond donors (Lipinski definition) is 4. The van der Waals surface area contributed by atoms with Gasteiger partial charge in [-0.1, -0.05) is 30.3 Å². The molecule has 128 valence electrons. The molecule has 2 rings (SSSR count). The van der Waals surface area contributed by atoms with Gasteiger partial charge in [-0.25, -0.2) is 8.42 Å². The molecule has 0 unspecified atom stereocenters. The van der Waals surface area contributed by atoms with Gasteiger partial charge in [0.05, 0.1) is 4.90 Å². The van der Waals surface area contributed by atoms with Gasteiger partial charge in [-0.15, -0.1) is 0 Å². The maximum Gasteiger partial charge on any atom is 0.320 e.